The summed E-state index contributed by atoms with van der Waals surface area (Å²) < 4.78 is 0. The highest BCUT2D eigenvalue weighted by molar-refractivity contribution is 5.92. The number of hydrogen-bond donors (Lipinski definition) is 1. The largest absolute Gasteiger partial charge is 0.355 e. The number of amides is 1. The topological polar surface area (TPSA) is 71.0 Å². The molecule has 1 aliphatic heterocycles. The number of carbonyl (C=O) groups is 1. The summed E-state index contributed by atoms with van der Waals surface area (Å²) >= 11 is 0. The lowest BCUT2D eigenvalue weighted by atomic mass is 10.0. The van der Waals surface area contributed by atoms with E-state index in [9.17, 15) is 4.79 Å². The minimum Gasteiger partial charge on any atom is -0.355 e. The average Bonchev–Trinajstić information content (AvgIpc) is 3.20. The van der Waals surface area contributed by atoms with Crippen molar-refractivity contribution >= 4 is 17.3 Å². The highest BCUT2D eigenvalue weighted by Crippen LogP contribution is 2.29. The molecule has 0 unspecified atom stereocenters. The van der Waals surface area contributed by atoms with Gasteiger partial charge in [-0.2, -0.15) is 0 Å². The molecule has 3 heterocycles. The van der Waals surface area contributed by atoms with Gasteiger partial charge in [-0.15, -0.1) is 0 Å². The molecule has 3 aromatic rings. The number of aryl methyl sites for hydroxylation is 3. The van der Waals surface area contributed by atoms with Crippen LogP contribution in [0.15, 0.2) is 48.8 Å². The van der Waals surface area contributed by atoms with Gasteiger partial charge in [-0.1, -0.05) is 17.7 Å². The Morgan fingerprint density at radius 2 is 1.79 bits per heavy atom. The van der Waals surface area contributed by atoms with E-state index in [1.807, 2.05) is 24.8 Å². The number of aromatic nitrogens is 3. The Labute approximate surface area is 171 Å². The van der Waals surface area contributed by atoms with Gasteiger partial charge in [0.15, 0.2) is 0 Å². The van der Waals surface area contributed by atoms with E-state index in [2.05, 4.69) is 52.5 Å². The van der Waals surface area contributed by atoms with Crippen molar-refractivity contribution in [3.63, 3.8) is 0 Å². The SMILES string of the molecule is Cc1ccc(Nc2cc(C)nc([C@H]3CCN(C(=O)c4cnc(C)cn4)C3)c2)cc1. The fraction of sp³-hybridized carbons (Fsp3) is 0.304. The number of nitrogens with one attached hydrogen (secondary N) is 1. The van der Waals surface area contributed by atoms with E-state index in [4.69, 9.17) is 4.98 Å². The van der Waals surface area contributed by atoms with Gasteiger partial charge in [-0.25, -0.2) is 4.98 Å². The first-order chi connectivity index (χ1) is 14.0. The molecule has 1 amide bonds. The van der Waals surface area contributed by atoms with Crippen LogP contribution in [-0.2, 0) is 0 Å². The lowest BCUT2D eigenvalue weighted by molar-refractivity contribution is 0.0784. The lowest BCUT2D eigenvalue weighted by Crippen LogP contribution is -2.29. The summed E-state index contributed by atoms with van der Waals surface area (Å²) in [4.78, 5) is 27.7. The molecule has 2 aromatic heterocycles. The molecule has 1 N–H and O–H groups in total. The highest BCUT2D eigenvalue weighted by atomic mass is 16.2. The molecule has 6 heteroatoms. The summed E-state index contributed by atoms with van der Waals surface area (Å²) in [6.45, 7) is 7.29. The van der Waals surface area contributed by atoms with Crippen LogP contribution < -0.4 is 5.32 Å². The van der Waals surface area contributed by atoms with E-state index >= 15 is 0 Å². The molecular weight excluding hydrogens is 362 g/mol. The third-order valence-electron chi connectivity index (χ3n) is 5.21. The van der Waals surface area contributed by atoms with E-state index in [1.54, 1.807) is 12.4 Å². The van der Waals surface area contributed by atoms with Gasteiger partial charge >= 0.3 is 0 Å². The van der Waals surface area contributed by atoms with Crippen molar-refractivity contribution in [1.82, 2.24) is 19.9 Å². The van der Waals surface area contributed by atoms with E-state index < -0.39 is 0 Å². The van der Waals surface area contributed by atoms with E-state index in [-0.39, 0.29) is 11.8 Å². The number of benzene rings is 1. The van der Waals surface area contributed by atoms with Crippen molar-refractivity contribution in [3.05, 3.63) is 77.1 Å². The van der Waals surface area contributed by atoms with Crippen molar-refractivity contribution in [2.24, 2.45) is 0 Å². The zero-order valence-corrected chi connectivity index (χ0v) is 17.0. The third-order valence-corrected chi connectivity index (χ3v) is 5.21. The fourth-order valence-electron chi connectivity index (χ4n) is 3.63. The second kappa shape index (κ2) is 7.99. The minimum absolute atomic E-state index is 0.0642. The minimum atomic E-state index is -0.0642. The monoisotopic (exact) mass is 387 g/mol. The van der Waals surface area contributed by atoms with Crippen molar-refractivity contribution in [2.45, 2.75) is 33.1 Å². The fourth-order valence-corrected chi connectivity index (χ4v) is 3.63. The van der Waals surface area contributed by atoms with E-state index in [0.29, 0.717) is 18.8 Å². The van der Waals surface area contributed by atoms with Crippen LogP contribution in [0.3, 0.4) is 0 Å². The van der Waals surface area contributed by atoms with Gasteiger partial charge in [-0.3, -0.25) is 14.8 Å². The van der Waals surface area contributed by atoms with Crippen LogP contribution in [-0.4, -0.2) is 38.8 Å². The summed E-state index contributed by atoms with van der Waals surface area (Å²) in [6, 6.07) is 12.5. The Kier molecular flexibility index (Phi) is 5.25. The molecule has 29 heavy (non-hydrogen) atoms. The van der Waals surface area contributed by atoms with Crippen LogP contribution in [0.2, 0.25) is 0 Å². The molecule has 1 aliphatic rings. The number of pyridine rings is 1. The smallest absolute Gasteiger partial charge is 0.274 e. The van der Waals surface area contributed by atoms with Gasteiger partial charge in [0.25, 0.3) is 5.91 Å². The maximum atomic E-state index is 12.7. The maximum absolute atomic E-state index is 12.7. The van der Waals surface area contributed by atoms with Crippen LogP contribution in [0.4, 0.5) is 11.4 Å². The molecule has 0 radical (unpaired) electrons. The molecule has 6 nitrogen and oxygen atoms in total. The summed E-state index contributed by atoms with van der Waals surface area (Å²) in [5, 5.41) is 3.46. The molecule has 1 fully saturated rings. The summed E-state index contributed by atoms with van der Waals surface area (Å²) in [6.07, 6.45) is 4.08. The van der Waals surface area contributed by atoms with Crippen LogP contribution in [0, 0.1) is 20.8 Å². The zero-order chi connectivity index (χ0) is 20.4. The van der Waals surface area contributed by atoms with Crippen molar-refractivity contribution in [2.75, 3.05) is 18.4 Å². The van der Waals surface area contributed by atoms with Crippen molar-refractivity contribution in [3.8, 4) is 0 Å². The zero-order valence-electron chi connectivity index (χ0n) is 17.0. The van der Waals surface area contributed by atoms with Gasteiger partial charge in [0.1, 0.15) is 5.69 Å². The Hall–Kier alpha value is -3.28. The van der Waals surface area contributed by atoms with Crippen LogP contribution in [0.25, 0.3) is 0 Å². The normalized spacial score (nSPS) is 16.1. The molecule has 148 valence electrons. The Morgan fingerprint density at radius 3 is 2.52 bits per heavy atom. The van der Waals surface area contributed by atoms with Crippen LogP contribution >= 0.6 is 0 Å². The van der Waals surface area contributed by atoms with Gasteiger partial charge in [0.05, 0.1) is 11.9 Å². The molecule has 1 saturated heterocycles. The first kappa shape index (κ1) is 19.1. The molecule has 1 atom stereocenters. The summed E-state index contributed by atoms with van der Waals surface area (Å²) in [5.74, 6) is 0.154. The van der Waals surface area contributed by atoms with E-state index in [0.717, 1.165) is 34.9 Å². The highest BCUT2D eigenvalue weighted by Gasteiger charge is 2.29. The number of likely N-dealkylation sites (tertiary alicyclic amines) is 1. The molecule has 0 saturated carbocycles. The molecular formula is C23H25N5O. The number of nitrogens with zero attached hydrogens (tertiary/aromatic N) is 4. The first-order valence-corrected chi connectivity index (χ1v) is 9.88. The van der Waals surface area contributed by atoms with Gasteiger partial charge in [0, 0.05) is 48.0 Å². The van der Waals surface area contributed by atoms with Gasteiger partial charge in [-0.05, 0) is 51.5 Å². The lowest BCUT2D eigenvalue weighted by Gasteiger charge is -2.17. The van der Waals surface area contributed by atoms with Gasteiger partial charge in [0.2, 0.25) is 0 Å². The molecule has 0 aliphatic carbocycles. The van der Waals surface area contributed by atoms with Crippen LogP contribution in [0.5, 0.6) is 0 Å². The third kappa shape index (κ3) is 4.42. The second-order valence-corrected chi connectivity index (χ2v) is 7.69. The molecule has 4 rings (SSSR count). The Bertz CT molecular complexity index is 1010. The standard InChI is InChI=1S/C23H25N5O/c1-15-4-6-19(7-5-15)27-20-10-16(2)26-21(11-20)18-8-9-28(14-18)23(29)22-13-24-17(3)12-25-22/h4-7,10-13,18H,8-9,14H2,1-3H3,(H,26,27)/t18-/m0/s1. The van der Waals surface area contributed by atoms with Crippen molar-refractivity contribution < 1.29 is 4.79 Å². The number of anilines is 2. The number of rotatable bonds is 4. The quantitative estimate of drug-likeness (QED) is 0.727. The number of carbonyl (C=O) groups excluding carboxylic acids is 1. The summed E-state index contributed by atoms with van der Waals surface area (Å²) in [7, 11) is 0. The van der Waals surface area contributed by atoms with Gasteiger partial charge < -0.3 is 10.2 Å². The van der Waals surface area contributed by atoms with E-state index in [1.165, 1.54) is 5.56 Å². The predicted molar refractivity (Wildman–Crippen MR) is 113 cm³/mol. The molecule has 1 aromatic carbocycles. The summed E-state index contributed by atoms with van der Waals surface area (Å²) in [5.41, 5.74) is 6.49. The molecule has 0 spiro atoms. The van der Waals surface area contributed by atoms with Crippen LogP contribution in [0.1, 0.15) is 45.5 Å². The average molecular weight is 387 g/mol. The second-order valence-electron chi connectivity index (χ2n) is 7.69. The first-order valence-electron chi connectivity index (χ1n) is 9.88. The predicted octanol–water partition coefficient (Wildman–Crippen LogP) is 4.17. The maximum Gasteiger partial charge on any atom is 0.274 e. The number of hydrogen-bond acceptors (Lipinski definition) is 5. The molecule has 0 bridgehead atoms. The van der Waals surface area contributed by atoms with Crippen molar-refractivity contribution in [1.29, 1.82) is 0 Å². The Balaban J connectivity index is 1.48. The Morgan fingerprint density at radius 1 is 1.00 bits per heavy atom.